The number of amides is 2. The van der Waals surface area contributed by atoms with E-state index in [1.807, 2.05) is 88.4 Å². The molecule has 64 heavy (non-hydrogen) atoms. The summed E-state index contributed by atoms with van der Waals surface area (Å²) in [6, 6.07) is 3.90. The number of carbonyl (C=O) groups is 2. The average Bonchev–Trinajstić information content (AvgIpc) is 4.06. The van der Waals surface area contributed by atoms with Crippen molar-refractivity contribution in [3.63, 3.8) is 0 Å². The summed E-state index contributed by atoms with van der Waals surface area (Å²) in [6.07, 6.45) is 13.3. The second-order valence-corrected chi connectivity index (χ2v) is 18.6. The van der Waals surface area contributed by atoms with Crippen LogP contribution in [0.4, 0.5) is 38.5 Å². The van der Waals surface area contributed by atoms with Crippen molar-refractivity contribution in [3.8, 4) is 0 Å². The number of carbonyl (C=O) groups excluding carboxylic acids is 2. The van der Waals surface area contributed by atoms with Gasteiger partial charge in [-0.25, -0.2) is 19.0 Å². The number of halogens is 5. The highest BCUT2D eigenvalue weighted by atomic mass is 127. The van der Waals surface area contributed by atoms with Gasteiger partial charge in [-0.3, -0.25) is 9.97 Å². The molecule has 4 aliphatic rings. The fourth-order valence-electron chi connectivity index (χ4n) is 7.29. The third kappa shape index (κ3) is 12.5. The van der Waals surface area contributed by atoms with Crippen molar-refractivity contribution in [2.24, 2.45) is 0 Å². The van der Waals surface area contributed by atoms with E-state index in [1.165, 1.54) is 24.8 Å². The molecule has 8 rings (SSSR count). The van der Waals surface area contributed by atoms with Gasteiger partial charge in [0.1, 0.15) is 11.2 Å². The molecule has 2 N–H and O–H groups in total. The van der Waals surface area contributed by atoms with Crippen molar-refractivity contribution in [3.05, 3.63) is 86.4 Å². The van der Waals surface area contributed by atoms with Gasteiger partial charge in [0, 0.05) is 118 Å². The number of nitrogens with zero attached hydrogens (tertiary/aromatic N) is 10. The van der Waals surface area contributed by atoms with Gasteiger partial charge in [0.25, 0.3) is 0 Å². The molecule has 2 aliphatic carbocycles. The Labute approximate surface area is 382 Å². The molecule has 2 fully saturated rings. The lowest BCUT2D eigenvalue weighted by Crippen LogP contribution is -2.50. The third-order valence-corrected chi connectivity index (χ3v) is 10.9. The highest BCUT2D eigenvalue weighted by Crippen LogP contribution is 2.37. The van der Waals surface area contributed by atoms with Gasteiger partial charge >= 0.3 is 32.4 Å². The van der Waals surface area contributed by atoms with E-state index in [9.17, 15) is 37.2 Å². The highest BCUT2D eigenvalue weighted by molar-refractivity contribution is 14.1. The molecule has 0 atom stereocenters. The molecule has 2 aliphatic heterocycles. The molecular formula is C42H52BF4IN10O6. The van der Waals surface area contributed by atoms with Crippen molar-refractivity contribution in [1.29, 1.82) is 0 Å². The van der Waals surface area contributed by atoms with Gasteiger partial charge in [0.05, 0.1) is 27.4 Å². The van der Waals surface area contributed by atoms with E-state index < -0.39 is 31.4 Å². The molecule has 344 valence electrons. The minimum absolute atomic E-state index is 0.280. The molecule has 0 spiro atoms. The number of hydrogen-bond acceptors (Lipinski definition) is 12. The van der Waals surface area contributed by atoms with Gasteiger partial charge < -0.3 is 39.1 Å². The molecule has 0 saturated carbocycles. The number of fused-ring (bicyclic) bond motifs is 2. The Hall–Kier alpha value is -5.23. The Balaban J connectivity index is 0.000000180. The van der Waals surface area contributed by atoms with Gasteiger partial charge in [-0.1, -0.05) is 6.08 Å². The van der Waals surface area contributed by atoms with Crippen LogP contribution in [-0.2, 0) is 22.3 Å². The summed E-state index contributed by atoms with van der Waals surface area (Å²) in [7, 11) is -1.45. The zero-order valence-electron chi connectivity index (χ0n) is 36.5. The van der Waals surface area contributed by atoms with Gasteiger partial charge in [-0.05, 0) is 93.4 Å². The lowest BCUT2D eigenvalue weighted by atomic mass is 9.79. The number of alkyl halides is 4. The zero-order valence-corrected chi connectivity index (χ0v) is 38.6. The molecular weight excluding hydrogens is 954 g/mol. The second kappa shape index (κ2) is 20.3. The summed E-state index contributed by atoms with van der Waals surface area (Å²) in [5.41, 5.74) is 6.92. The second-order valence-electron chi connectivity index (χ2n) is 17.3. The molecule has 22 heteroatoms. The van der Waals surface area contributed by atoms with Crippen molar-refractivity contribution >= 4 is 71.0 Å². The molecule has 4 aromatic heterocycles. The minimum Gasteiger partial charge on any atom is -0.444 e. The Kier molecular flexibility index (Phi) is 15.3. The first-order valence-electron chi connectivity index (χ1n) is 20.6. The number of pyridine rings is 2. The average molecular weight is 1010 g/mol. The fourth-order valence-corrected chi connectivity index (χ4v) is 7.70. The number of piperazine rings is 2. The van der Waals surface area contributed by atoms with Gasteiger partial charge in [-0.15, -0.1) is 0 Å². The van der Waals surface area contributed by atoms with Crippen LogP contribution in [0.3, 0.4) is 0 Å². The molecule has 16 nitrogen and oxygen atoms in total. The number of aromatic nitrogens is 6. The van der Waals surface area contributed by atoms with Crippen LogP contribution in [0.15, 0.2) is 54.8 Å². The molecule has 2 saturated heterocycles. The topological polar surface area (TPSA) is 167 Å². The van der Waals surface area contributed by atoms with Crippen molar-refractivity contribution in [1.82, 2.24) is 39.3 Å². The van der Waals surface area contributed by atoms with E-state index in [2.05, 4.69) is 30.0 Å². The SMILES string of the molecule is CC(C)(C)OC(=O)N1CCN(c2ccnc3c2C=C(B(O)O)C3)CC1.CC(C)(C)OC(=O)N1CCN(c2ccnc3c2C=C(c2cnn(C(F)F)c2)C3)CC1.FC(F)n1cc(I)cn1. The van der Waals surface area contributed by atoms with Crippen molar-refractivity contribution in [2.45, 2.75) is 78.7 Å². The Morgan fingerprint density at radius 2 is 1.14 bits per heavy atom. The molecule has 0 unspecified atom stereocenters. The number of allylic oxidation sites excluding steroid dienone is 2. The molecule has 0 radical (unpaired) electrons. The summed E-state index contributed by atoms with van der Waals surface area (Å²) in [4.78, 5) is 41.2. The number of rotatable bonds is 6. The maximum Gasteiger partial charge on any atom is 0.484 e. The summed E-state index contributed by atoms with van der Waals surface area (Å²) in [6.45, 7) is 11.1. The Morgan fingerprint density at radius 3 is 1.55 bits per heavy atom. The summed E-state index contributed by atoms with van der Waals surface area (Å²) >= 11 is 1.92. The predicted octanol–water partition coefficient (Wildman–Crippen LogP) is 6.80. The fraction of sp³-hybridized carbons (Fsp3) is 0.476. The van der Waals surface area contributed by atoms with Crippen LogP contribution < -0.4 is 9.80 Å². The van der Waals surface area contributed by atoms with E-state index in [0.717, 1.165) is 39.5 Å². The van der Waals surface area contributed by atoms with Gasteiger partial charge in [-0.2, -0.15) is 27.8 Å². The van der Waals surface area contributed by atoms with Crippen molar-refractivity contribution < 1.29 is 46.7 Å². The lowest BCUT2D eigenvalue weighted by molar-refractivity contribution is 0.0230. The predicted molar refractivity (Wildman–Crippen MR) is 242 cm³/mol. The molecule has 0 aromatic carbocycles. The first kappa shape index (κ1) is 48.2. The van der Waals surface area contributed by atoms with Crippen LogP contribution in [0.1, 0.15) is 82.7 Å². The Morgan fingerprint density at radius 1 is 0.688 bits per heavy atom. The highest BCUT2D eigenvalue weighted by Gasteiger charge is 2.31. The number of anilines is 2. The first-order valence-corrected chi connectivity index (χ1v) is 21.7. The first-order chi connectivity index (χ1) is 30.2. The normalized spacial score (nSPS) is 16.0. The van der Waals surface area contributed by atoms with Gasteiger partial charge in [0.2, 0.25) is 0 Å². The van der Waals surface area contributed by atoms with Crippen LogP contribution in [0, 0.1) is 3.57 Å². The summed E-state index contributed by atoms with van der Waals surface area (Å²) in [5, 5.41) is 25.9. The van der Waals surface area contributed by atoms with E-state index in [4.69, 9.17) is 9.47 Å². The van der Waals surface area contributed by atoms with Gasteiger partial charge in [0.15, 0.2) is 0 Å². The lowest BCUT2D eigenvalue weighted by Gasteiger charge is -2.37. The monoisotopic (exact) mass is 1010 g/mol. The quantitative estimate of drug-likeness (QED) is 0.118. The minimum atomic E-state index is -2.65. The van der Waals surface area contributed by atoms with E-state index in [0.29, 0.717) is 89.2 Å². The van der Waals surface area contributed by atoms with Crippen LogP contribution in [0.5, 0.6) is 0 Å². The number of hydrogen-bond donors (Lipinski definition) is 2. The van der Waals surface area contributed by atoms with E-state index in [1.54, 1.807) is 22.2 Å². The summed E-state index contributed by atoms with van der Waals surface area (Å²) < 4.78 is 61.9. The van der Waals surface area contributed by atoms with Crippen LogP contribution in [0.25, 0.3) is 17.7 Å². The zero-order chi connectivity index (χ0) is 46.5. The van der Waals surface area contributed by atoms with Crippen LogP contribution >= 0.6 is 22.6 Å². The standard InChI is InChI=1S/C21H25F2N5O2.C17H24BN3O4.C4H3F2IN2/c1-21(2,3)30-20(29)27-8-6-26(7-9-27)18-4-5-24-17-11-14(10-16(17)18)15-12-25-28(13-15)19(22)23;1-17(2,3)25-16(22)21-8-6-20(7-9-21)15-4-5-19-14-11-12(18(23)24)10-13(14)15;5-4(6)9-2-3(7)1-8-9/h4-5,10,12-13,19H,6-9,11H2,1-3H3;4-5,10,23-24H,6-9,11H2,1-3H3;1-2,4H. The number of ether oxygens (including phenoxy) is 2. The van der Waals surface area contributed by atoms with Crippen LogP contribution in [-0.4, -0.2) is 132 Å². The largest absolute Gasteiger partial charge is 0.484 e. The maximum absolute atomic E-state index is 12.8. The van der Waals surface area contributed by atoms with Crippen LogP contribution in [0.2, 0.25) is 0 Å². The molecule has 2 amide bonds. The molecule has 4 aromatic rings. The van der Waals surface area contributed by atoms with E-state index in [-0.39, 0.29) is 12.2 Å². The Bertz CT molecular complexity index is 2330. The molecule has 6 heterocycles. The van der Waals surface area contributed by atoms with E-state index >= 15 is 0 Å². The van der Waals surface area contributed by atoms with Crippen molar-refractivity contribution in [2.75, 3.05) is 62.2 Å². The maximum atomic E-state index is 12.8. The summed E-state index contributed by atoms with van der Waals surface area (Å²) in [5.74, 6) is 0. The smallest absolute Gasteiger partial charge is 0.444 e. The third-order valence-electron chi connectivity index (χ3n) is 10.3. The molecule has 0 bridgehead atoms.